The Kier molecular flexibility index (Phi) is 3.61. The first kappa shape index (κ1) is 10.5. The van der Waals surface area contributed by atoms with Crippen LogP contribution in [0.2, 0.25) is 0 Å². The van der Waals surface area contributed by atoms with E-state index < -0.39 is 0 Å². The van der Waals surface area contributed by atoms with Crippen molar-refractivity contribution in [1.82, 2.24) is 15.1 Å². The lowest BCUT2D eigenvalue weighted by atomic mass is 9.96. The zero-order valence-corrected chi connectivity index (χ0v) is 9.28. The molecule has 0 aromatic carbocycles. The van der Waals surface area contributed by atoms with Crippen LogP contribution < -0.4 is 10.1 Å². The molecule has 4 heteroatoms. The van der Waals surface area contributed by atoms with Crippen LogP contribution in [0.25, 0.3) is 0 Å². The Hall–Kier alpha value is -1.03. The summed E-state index contributed by atoms with van der Waals surface area (Å²) in [5.74, 6) is 1.66. The van der Waals surface area contributed by atoms with Crippen LogP contribution in [0.1, 0.15) is 19.3 Å². The van der Waals surface area contributed by atoms with E-state index in [2.05, 4.69) is 10.4 Å². The van der Waals surface area contributed by atoms with E-state index in [0.717, 1.165) is 24.9 Å². The van der Waals surface area contributed by atoms with Gasteiger partial charge in [-0.1, -0.05) is 0 Å². The molecule has 0 saturated carbocycles. The van der Waals surface area contributed by atoms with E-state index in [9.17, 15) is 0 Å². The second-order valence-electron chi connectivity index (χ2n) is 4.10. The van der Waals surface area contributed by atoms with Gasteiger partial charge >= 0.3 is 0 Å². The molecule has 0 radical (unpaired) electrons. The van der Waals surface area contributed by atoms with Crippen molar-refractivity contribution in [2.24, 2.45) is 5.92 Å². The van der Waals surface area contributed by atoms with E-state index in [-0.39, 0.29) is 0 Å². The number of rotatable bonds is 4. The normalized spacial score (nSPS) is 21.5. The van der Waals surface area contributed by atoms with Gasteiger partial charge < -0.3 is 10.1 Å². The van der Waals surface area contributed by atoms with Crippen molar-refractivity contribution in [1.29, 1.82) is 0 Å². The van der Waals surface area contributed by atoms with Crippen molar-refractivity contribution in [3.63, 3.8) is 0 Å². The zero-order valence-electron chi connectivity index (χ0n) is 9.28. The molecule has 1 fully saturated rings. The van der Waals surface area contributed by atoms with Crippen molar-refractivity contribution in [3.05, 3.63) is 12.3 Å². The highest BCUT2D eigenvalue weighted by molar-refractivity contribution is 5.06. The minimum Gasteiger partial charge on any atom is -0.481 e. The van der Waals surface area contributed by atoms with Crippen molar-refractivity contribution in [3.8, 4) is 5.88 Å². The number of piperidine rings is 1. The van der Waals surface area contributed by atoms with Crippen LogP contribution >= 0.6 is 0 Å². The van der Waals surface area contributed by atoms with E-state index in [1.165, 1.54) is 25.8 Å². The highest BCUT2D eigenvalue weighted by Gasteiger charge is 2.13. The number of nitrogens with zero attached hydrogens (tertiary/aromatic N) is 2. The number of aromatic nitrogens is 2. The lowest BCUT2D eigenvalue weighted by Crippen LogP contribution is -2.30. The van der Waals surface area contributed by atoms with Gasteiger partial charge in [-0.3, -0.25) is 0 Å². The summed E-state index contributed by atoms with van der Waals surface area (Å²) in [5.41, 5.74) is 0. The molecule has 2 heterocycles. The third kappa shape index (κ3) is 2.72. The third-order valence-electron chi connectivity index (χ3n) is 3.03. The van der Waals surface area contributed by atoms with E-state index in [0.29, 0.717) is 0 Å². The molecule has 1 aromatic rings. The molecule has 15 heavy (non-hydrogen) atoms. The molecule has 1 aliphatic heterocycles. The van der Waals surface area contributed by atoms with Crippen LogP contribution in [-0.2, 0) is 6.54 Å². The number of hydrogen-bond acceptors (Lipinski definition) is 3. The Morgan fingerprint density at radius 2 is 2.60 bits per heavy atom. The maximum Gasteiger partial charge on any atom is 0.211 e. The summed E-state index contributed by atoms with van der Waals surface area (Å²) in [7, 11) is 1.69. The Balaban J connectivity index is 1.81. The molecule has 1 aromatic heterocycles. The van der Waals surface area contributed by atoms with Gasteiger partial charge in [0.25, 0.3) is 0 Å². The highest BCUT2D eigenvalue weighted by atomic mass is 16.5. The van der Waals surface area contributed by atoms with Gasteiger partial charge in [-0.15, -0.1) is 0 Å². The molecule has 4 nitrogen and oxygen atoms in total. The van der Waals surface area contributed by atoms with Crippen LogP contribution in [0.3, 0.4) is 0 Å². The lowest BCUT2D eigenvalue weighted by molar-refractivity contribution is 0.312. The van der Waals surface area contributed by atoms with Crippen LogP contribution in [0.5, 0.6) is 5.88 Å². The second-order valence-corrected chi connectivity index (χ2v) is 4.10. The molecule has 1 aliphatic rings. The first-order valence-corrected chi connectivity index (χ1v) is 5.66. The van der Waals surface area contributed by atoms with E-state index in [4.69, 9.17) is 4.74 Å². The average molecular weight is 209 g/mol. The molecular weight excluding hydrogens is 190 g/mol. The van der Waals surface area contributed by atoms with Gasteiger partial charge in [-0.2, -0.15) is 5.10 Å². The fourth-order valence-electron chi connectivity index (χ4n) is 2.14. The minimum atomic E-state index is 0.799. The summed E-state index contributed by atoms with van der Waals surface area (Å²) in [5, 5.41) is 7.68. The van der Waals surface area contributed by atoms with Crippen molar-refractivity contribution in [2.45, 2.75) is 25.8 Å². The van der Waals surface area contributed by atoms with Gasteiger partial charge in [0.1, 0.15) is 0 Å². The van der Waals surface area contributed by atoms with Gasteiger partial charge in [0.05, 0.1) is 13.3 Å². The fourth-order valence-corrected chi connectivity index (χ4v) is 2.14. The fraction of sp³-hybridized carbons (Fsp3) is 0.727. The van der Waals surface area contributed by atoms with E-state index in [1.807, 2.05) is 10.7 Å². The van der Waals surface area contributed by atoms with Gasteiger partial charge in [0, 0.05) is 12.6 Å². The molecule has 0 amide bonds. The summed E-state index contributed by atoms with van der Waals surface area (Å²) >= 11 is 0. The number of hydrogen-bond donors (Lipinski definition) is 1. The van der Waals surface area contributed by atoms with Crippen LogP contribution in [0.15, 0.2) is 12.3 Å². The third-order valence-corrected chi connectivity index (χ3v) is 3.03. The largest absolute Gasteiger partial charge is 0.481 e. The summed E-state index contributed by atoms with van der Waals surface area (Å²) in [6.07, 6.45) is 5.63. The lowest BCUT2D eigenvalue weighted by Gasteiger charge is -2.22. The van der Waals surface area contributed by atoms with Crippen molar-refractivity contribution < 1.29 is 4.74 Å². The first-order valence-electron chi connectivity index (χ1n) is 5.66. The number of nitrogens with one attached hydrogen (secondary N) is 1. The van der Waals surface area contributed by atoms with E-state index >= 15 is 0 Å². The Morgan fingerprint density at radius 3 is 3.33 bits per heavy atom. The molecule has 1 N–H and O–H groups in total. The Bertz CT molecular complexity index is 292. The van der Waals surface area contributed by atoms with Crippen molar-refractivity contribution >= 4 is 0 Å². The highest BCUT2D eigenvalue weighted by Crippen LogP contribution is 2.17. The topological polar surface area (TPSA) is 39.1 Å². The number of methoxy groups -OCH3 is 1. The van der Waals surface area contributed by atoms with Gasteiger partial charge in [0.2, 0.25) is 5.88 Å². The van der Waals surface area contributed by atoms with Crippen LogP contribution in [0.4, 0.5) is 0 Å². The average Bonchev–Trinajstić information content (AvgIpc) is 2.75. The molecule has 1 unspecified atom stereocenters. The Labute approximate surface area is 90.6 Å². The first-order chi connectivity index (χ1) is 7.40. The summed E-state index contributed by atoms with van der Waals surface area (Å²) in [6.45, 7) is 3.30. The maximum atomic E-state index is 5.21. The number of ether oxygens (including phenoxy) is 1. The number of aryl methyl sites for hydroxylation is 1. The molecule has 2 rings (SSSR count). The molecule has 1 atom stereocenters. The van der Waals surface area contributed by atoms with Gasteiger partial charge in [-0.25, -0.2) is 4.68 Å². The molecule has 84 valence electrons. The van der Waals surface area contributed by atoms with E-state index in [1.54, 1.807) is 13.3 Å². The smallest absolute Gasteiger partial charge is 0.211 e. The standard InChI is InChI=1S/C11H19N3O/c1-15-11-4-7-13-14(11)8-5-10-3-2-6-12-9-10/h4,7,10,12H,2-3,5-6,8-9H2,1H3. The summed E-state index contributed by atoms with van der Waals surface area (Å²) in [6, 6.07) is 1.90. The summed E-state index contributed by atoms with van der Waals surface area (Å²) in [4.78, 5) is 0. The van der Waals surface area contributed by atoms with Crippen LogP contribution in [0, 0.1) is 5.92 Å². The van der Waals surface area contributed by atoms with Crippen molar-refractivity contribution in [2.75, 3.05) is 20.2 Å². The zero-order chi connectivity index (χ0) is 10.5. The summed E-state index contributed by atoms with van der Waals surface area (Å²) < 4.78 is 7.15. The minimum absolute atomic E-state index is 0.799. The second kappa shape index (κ2) is 5.16. The predicted octanol–water partition coefficient (Wildman–Crippen LogP) is 1.28. The molecular formula is C11H19N3O. The van der Waals surface area contributed by atoms with Gasteiger partial charge in [-0.05, 0) is 38.3 Å². The molecule has 1 saturated heterocycles. The Morgan fingerprint density at radius 1 is 1.67 bits per heavy atom. The van der Waals surface area contributed by atoms with Gasteiger partial charge in [0.15, 0.2) is 0 Å². The van der Waals surface area contributed by atoms with Crippen LogP contribution in [-0.4, -0.2) is 30.0 Å². The quantitative estimate of drug-likeness (QED) is 0.812. The SMILES string of the molecule is COc1ccnn1CCC1CCCNC1. The maximum absolute atomic E-state index is 5.21. The predicted molar refractivity (Wildman–Crippen MR) is 59.0 cm³/mol. The monoisotopic (exact) mass is 209 g/mol. The molecule has 0 aliphatic carbocycles. The molecule has 0 spiro atoms. The molecule has 0 bridgehead atoms.